The van der Waals surface area contributed by atoms with Crippen LogP contribution in [0.15, 0.2) is 47.6 Å². The molecule has 1 N–H and O–H groups in total. The van der Waals surface area contributed by atoms with Crippen LogP contribution in [-0.4, -0.2) is 40.9 Å². The summed E-state index contributed by atoms with van der Waals surface area (Å²) in [5.74, 6) is -0.891. The number of aromatic nitrogens is 2. The molecular weight excluding hydrogens is 377 g/mol. The number of rotatable bonds is 5. The van der Waals surface area contributed by atoms with E-state index < -0.39 is 11.9 Å². The van der Waals surface area contributed by atoms with Gasteiger partial charge in [-0.3, -0.25) is 4.79 Å². The van der Waals surface area contributed by atoms with E-state index in [1.807, 2.05) is 4.90 Å². The quantitative estimate of drug-likeness (QED) is 0.775. The molecule has 1 aliphatic rings. The monoisotopic (exact) mass is 396 g/mol. The molecular formula is C18H19F3N4OS. The number of carbonyl (C=O) groups is 1. The SMILES string of the molecule is O=C(Nc1ccccc1SCC(F)(F)F)C1CCCN(c2ncccn2)C1. The molecule has 144 valence electrons. The summed E-state index contributed by atoms with van der Waals surface area (Å²) in [6, 6.07) is 8.28. The number of halogens is 3. The average molecular weight is 396 g/mol. The van der Waals surface area contributed by atoms with E-state index in [9.17, 15) is 18.0 Å². The maximum atomic E-state index is 12.7. The van der Waals surface area contributed by atoms with Gasteiger partial charge in [0.1, 0.15) is 0 Å². The number of nitrogens with zero attached hydrogens (tertiary/aromatic N) is 3. The van der Waals surface area contributed by atoms with Crippen molar-refractivity contribution in [2.24, 2.45) is 5.92 Å². The van der Waals surface area contributed by atoms with Crippen molar-refractivity contribution in [2.45, 2.75) is 23.9 Å². The highest BCUT2D eigenvalue weighted by Gasteiger charge is 2.29. The number of carbonyl (C=O) groups excluding carboxylic acids is 1. The van der Waals surface area contributed by atoms with Gasteiger partial charge in [0.15, 0.2) is 0 Å². The Kier molecular flexibility index (Phi) is 6.20. The molecule has 0 radical (unpaired) electrons. The maximum Gasteiger partial charge on any atom is 0.398 e. The summed E-state index contributed by atoms with van der Waals surface area (Å²) in [5, 5.41) is 2.79. The van der Waals surface area contributed by atoms with Crippen molar-refractivity contribution < 1.29 is 18.0 Å². The molecule has 0 saturated carbocycles. The molecule has 1 atom stereocenters. The third-order valence-electron chi connectivity index (χ3n) is 4.16. The summed E-state index contributed by atoms with van der Waals surface area (Å²) < 4.78 is 37.5. The van der Waals surface area contributed by atoms with Crippen molar-refractivity contribution in [1.29, 1.82) is 0 Å². The Morgan fingerprint density at radius 1 is 1.22 bits per heavy atom. The lowest BCUT2D eigenvalue weighted by molar-refractivity contribution is -0.120. The van der Waals surface area contributed by atoms with Crippen molar-refractivity contribution in [3.05, 3.63) is 42.7 Å². The number of thioether (sulfide) groups is 1. The second-order valence-corrected chi connectivity index (χ2v) is 7.24. The first-order valence-electron chi connectivity index (χ1n) is 8.54. The van der Waals surface area contributed by atoms with E-state index in [2.05, 4.69) is 15.3 Å². The fraction of sp³-hybridized carbons (Fsp3) is 0.389. The maximum absolute atomic E-state index is 12.7. The highest BCUT2D eigenvalue weighted by molar-refractivity contribution is 7.99. The van der Waals surface area contributed by atoms with E-state index in [-0.39, 0.29) is 11.8 Å². The van der Waals surface area contributed by atoms with E-state index >= 15 is 0 Å². The van der Waals surface area contributed by atoms with E-state index in [0.717, 1.165) is 13.0 Å². The third-order valence-corrected chi connectivity index (χ3v) is 5.30. The summed E-state index contributed by atoms with van der Waals surface area (Å²) in [4.78, 5) is 23.5. The molecule has 2 aromatic rings. The highest BCUT2D eigenvalue weighted by atomic mass is 32.2. The predicted octanol–water partition coefficient (Wildman–Crippen LogP) is 3.99. The van der Waals surface area contributed by atoms with Crippen molar-refractivity contribution in [1.82, 2.24) is 9.97 Å². The minimum atomic E-state index is -4.26. The molecule has 5 nitrogen and oxygen atoms in total. The van der Waals surface area contributed by atoms with Crippen LogP contribution in [0.1, 0.15) is 12.8 Å². The van der Waals surface area contributed by atoms with Crippen LogP contribution >= 0.6 is 11.8 Å². The van der Waals surface area contributed by atoms with Gasteiger partial charge in [0.25, 0.3) is 0 Å². The van der Waals surface area contributed by atoms with Gasteiger partial charge in [-0.25, -0.2) is 9.97 Å². The van der Waals surface area contributed by atoms with Gasteiger partial charge in [-0.15, -0.1) is 11.8 Å². The predicted molar refractivity (Wildman–Crippen MR) is 98.8 cm³/mol. The smallest absolute Gasteiger partial charge is 0.340 e. The third kappa shape index (κ3) is 5.59. The second kappa shape index (κ2) is 8.60. The molecule has 1 aliphatic heterocycles. The van der Waals surface area contributed by atoms with Gasteiger partial charge in [0.05, 0.1) is 17.4 Å². The zero-order chi connectivity index (χ0) is 19.3. The van der Waals surface area contributed by atoms with Gasteiger partial charge < -0.3 is 10.2 Å². The van der Waals surface area contributed by atoms with Gasteiger partial charge in [-0.2, -0.15) is 13.2 Å². The van der Waals surface area contributed by atoms with Crippen LogP contribution in [0.2, 0.25) is 0 Å². The zero-order valence-corrected chi connectivity index (χ0v) is 15.3. The molecule has 1 saturated heterocycles. The number of benzene rings is 1. The largest absolute Gasteiger partial charge is 0.398 e. The van der Waals surface area contributed by atoms with Crippen LogP contribution in [0, 0.1) is 5.92 Å². The Labute approximate surface area is 159 Å². The minimum Gasteiger partial charge on any atom is -0.340 e. The van der Waals surface area contributed by atoms with Gasteiger partial charge >= 0.3 is 6.18 Å². The number of hydrogen-bond acceptors (Lipinski definition) is 5. The van der Waals surface area contributed by atoms with E-state index in [0.29, 0.717) is 41.3 Å². The van der Waals surface area contributed by atoms with Crippen LogP contribution in [0.25, 0.3) is 0 Å². The lowest BCUT2D eigenvalue weighted by Crippen LogP contribution is -2.41. The lowest BCUT2D eigenvalue weighted by atomic mass is 9.97. The minimum absolute atomic E-state index is 0.198. The number of nitrogens with one attached hydrogen (secondary N) is 1. The Balaban J connectivity index is 1.65. The van der Waals surface area contributed by atoms with Crippen molar-refractivity contribution in [3.63, 3.8) is 0 Å². The van der Waals surface area contributed by atoms with Crippen LogP contribution in [0.4, 0.5) is 24.8 Å². The molecule has 0 spiro atoms. The first kappa shape index (κ1) is 19.5. The summed E-state index contributed by atoms with van der Waals surface area (Å²) >= 11 is 0.670. The summed E-state index contributed by atoms with van der Waals surface area (Å²) in [6.07, 6.45) is 0.579. The van der Waals surface area contributed by atoms with Gasteiger partial charge in [-0.1, -0.05) is 12.1 Å². The number of alkyl halides is 3. The van der Waals surface area contributed by atoms with Crippen LogP contribution in [0.3, 0.4) is 0 Å². The van der Waals surface area contributed by atoms with Gasteiger partial charge in [-0.05, 0) is 31.0 Å². The number of hydrogen-bond donors (Lipinski definition) is 1. The molecule has 27 heavy (non-hydrogen) atoms. The van der Waals surface area contributed by atoms with E-state index in [1.54, 1.807) is 42.7 Å². The van der Waals surface area contributed by atoms with E-state index in [4.69, 9.17) is 0 Å². The average Bonchev–Trinajstić information content (AvgIpc) is 2.67. The van der Waals surface area contributed by atoms with Crippen LogP contribution < -0.4 is 10.2 Å². The number of piperidine rings is 1. The molecule has 0 aliphatic carbocycles. The fourth-order valence-electron chi connectivity index (χ4n) is 2.92. The lowest BCUT2D eigenvalue weighted by Gasteiger charge is -2.32. The molecule has 1 unspecified atom stereocenters. The molecule has 9 heteroatoms. The molecule has 3 rings (SSSR count). The number of amides is 1. The fourth-order valence-corrected chi connectivity index (χ4v) is 3.69. The highest BCUT2D eigenvalue weighted by Crippen LogP contribution is 2.32. The molecule has 0 bridgehead atoms. The standard InChI is InChI=1S/C18H19F3N4OS/c19-18(20,21)12-27-15-7-2-1-6-14(15)24-16(26)13-5-3-10-25(11-13)17-22-8-4-9-23-17/h1-2,4,6-9,13H,3,5,10-12H2,(H,24,26). The molecule has 1 aromatic heterocycles. The summed E-state index contributed by atoms with van der Waals surface area (Å²) in [6.45, 7) is 1.25. The Morgan fingerprint density at radius 2 is 1.96 bits per heavy atom. The van der Waals surface area contributed by atoms with E-state index in [1.165, 1.54) is 0 Å². The van der Waals surface area contributed by atoms with Crippen molar-refractivity contribution >= 4 is 29.3 Å². The Morgan fingerprint density at radius 3 is 2.70 bits per heavy atom. The zero-order valence-electron chi connectivity index (χ0n) is 14.4. The van der Waals surface area contributed by atoms with Gasteiger partial charge in [0, 0.05) is 30.4 Å². The Bertz CT molecular complexity index is 773. The molecule has 1 aromatic carbocycles. The topological polar surface area (TPSA) is 58.1 Å². The van der Waals surface area contributed by atoms with Crippen LogP contribution in [-0.2, 0) is 4.79 Å². The molecule has 2 heterocycles. The Hall–Kier alpha value is -2.29. The first-order chi connectivity index (χ1) is 12.9. The summed E-state index contributed by atoms with van der Waals surface area (Å²) in [5.41, 5.74) is 0.407. The number of anilines is 2. The van der Waals surface area contributed by atoms with Crippen molar-refractivity contribution in [2.75, 3.05) is 29.1 Å². The van der Waals surface area contributed by atoms with Gasteiger partial charge in [0.2, 0.25) is 11.9 Å². The van der Waals surface area contributed by atoms with Crippen LogP contribution in [0.5, 0.6) is 0 Å². The molecule has 1 fully saturated rings. The molecule has 1 amide bonds. The normalized spacial score (nSPS) is 17.6. The summed E-state index contributed by atoms with van der Waals surface area (Å²) in [7, 11) is 0. The second-order valence-electron chi connectivity index (χ2n) is 6.22. The first-order valence-corrected chi connectivity index (χ1v) is 9.52. The van der Waals surface area contributed by atoms with Crippen molar-refractivity contribution in [3.8, 4) is 0 Å². The number of para-hydroxylation sites is 1.